The van der Waals surface area contributed by atoms with E-state index in [9.17, 15) is 4.79 Å². The molecule has 0 heterocycles. The van der Waals surface area contributed by atoms with Crippen molar-refractivity contribution in [3.63, 3.8) is 0 Å². The maximum Gasteiger partial charge on any atom is 0.315 e. The molecule has 0 aliphatic rings. The third kappa shape index (κ3) is 5.58. The van der Waals surface area contributed by atoms with E-state index in [1.54, 1.807) is 0 Å². The summed E-state index contributed by atoms with van der Waals surface area (Å²) in [5.74, 6) is 0. The molecule has 0 bridgehead atoms. The van der Waals surface area contributed by atoms with Gasteiger partial charge in [-0.3, -0.25) is 0 Å². The molecule has 0 fully saturated rings. The molecule has 5 heteroatoms. The zero-order chi connectivity index (χ0) is 16.7. The molecule has 0 aliphatic carbocycles. The van der Waals surface area contributed by atoms with Crippen LogP contribution in [0.2, 0.25) is 5.02 Å². The number of benzene rings is 2. The van der Waals surface area contributed by atoms with Crippen molar-refractivity contribution in [2.45, 2.75) is 12.6 Å². The molecule has 2 amide bonds. The number of amides is 2. The van der Waals surface area contributed by atoms with E-state index in [0.717, 1.165) is 11.1 Å². The highest BCUT2D eigenvalue weighted by Gasteiger charge is 2.15. The van der Waals surface area contributed by atoms with Crippen LogP contribution < -0.4 is 10.6 Å². The Morgan fingerprint density at radius 2 is 1.70 bits per heavy atom. The summed E-state index contributed by atoms with van der Waals surface area (Å²) in [6, 6.07) is 17.4. The van der Waals surface area contributed by atoms with Gasteiger partial charge in [-0.1, -0.05) is 54.1 Å². The number of hydrogen-bond acceptors (Lipinski definition) is 2. The molecule has 2 N–H and O–H groups in total. The van der Waals surface area contributed by atoms with Crippen LogP contribution in [0.3, 0.4) is 0 Å². The Morgan fingerprint density at radius 1 is 1.04 bits per heavy atom. The van der Waals surface area contributed by atoms with Crippen LogP contribution in [-0.2, 0) is 6.54 Å². The molecule has 0 saturated carbocycles. The lowest BCUT2D eigenvalue weighted by Gasteiger charge is -2.25. The minimum atomic E-state index is -0.172. The van der Waals surface area contributed by atoms with Crippen LogP contribution in [0.15, 0.2) is 54.6 Å². The first kappa shape index (κ1) is 17.3. The summed E-state index contributed by atoms with van der Waals surface area (Å²) in [4.78, 5) is 14.0. The molecule has 2 aromatic carbocycles. The van der Waals surface area contributed by atoms with Crippen LogP contribution >= 0.6 is 11.6 Å². The number of rotatable bonds is 6. The van der Waals surface area contributed by atoms with Crippen LogP contribution in [0.25, 0.3) is 0 Å². The Hall–Kier alpha value is -2.04. The van der Waals surface area contributed by atoms with E-state index in [4.69, 9.17) is 11.6 Å². The number of carbonyl (C=O) groups excluding carboxylic acids is 1. The fourth-order valence-electron chi connectivity index (χ4n) is 2.31. The van der Waals surface area contributed by atoms with E-state index in [-0.39, 0.29) is 12.1 Å². The fraction of sp³-hybridized carbons (Fsp3) is 0.278. The number of urea groups is 1. The molecular weight excluding hydrogens is 310 g/mol. The van der Waals surface area contributed by atoms with Gasteiger partial charge in [0, 0.05) is 18.1 Å². The number of carbonyl (C=O) groups is 1. The predicted octanol–water partition coefficient (Wildman–Crippen LogP) is 3.44. The summed E-state index contributed by atoms with van der Waals surface area (Å²) in [6.45, 7) is 1.04. The van der Waals surface area contributed by atoms with Crippen LogP contribution in [-0.4, -0.2) is 31.6 Å². The smallest absolute Gasteiger partial charge is 0.315 e. The van der Waals surface area contributed by atoms with Crippen molar-refractivity contribution in [1.82, 2.24) is 15.5 Å². The van der Waals surface area contributed by atoms with Crippen molar-refractivity contribution in [2.75, 3.05) is 20.6 Å². The van der Waals surface area contributed by atoms with Gasteiger partial charge in [-0.2, -0.15) is 0 Å². The SMILES string of the molecule is CN(C)C(CNC(=O)NCc1ccccc1)c1ccc(Cl)cc1. The molecule has 23 heavy (non-hydrogen) atoms. The number of nitrogens with zero attached hydrogens (tertiary/aromatic N) is 1. The van der Waals surface area contributed by atoms with Gasteiger partial charge in [-0.05, 0) is 37.4 Å². The van der Waals surface area contributed by atoms with Gasteiger partial charge in [0.2, 0.25) is 0 Å². The van der Waals surface area contributed by atoms with Crippen molar-refractivity contribution < 1.29 is 4.79 Å². The first-order valence-electron chi connectivity index (χ1n) is 7.54. The first-order valence-corrected chi connectivity index (χ1v) is 7.91. The summed E-state index contributed by atoms with van der Waals surface area (Å²) in [5.41, 5.74) is 2.19. The van der Waals surface area contributed by atoms with Gasteiger partial charge in [0.25, 0.3) is 0 Å². The monoisotopic (exact) mass is 331 g/mol. The molecule has 1 atom stereocenters. The van der Waals surface area contributed by atoms with Crippen molar-refractivity contribution in [2.24, 2.45) is 0 Å². The van der Waals surface area contributed by atoms with Gasteiger partial charge >= 0.3 is 6.03 Å². The molecule has 0 radical (unpaired) electrons. The van der Waals surface area contributed by atoms with Gasteiger partial charge in [0.05, 0.1) is 6.04 Å². The van der Waals surface area contributed by atoms with Gasteiger partial charge < -0.3 is 15.5 Å². The number of likely N-dealkylation sites (N-methyl/N-ethyl adjacent to an activating group) is 1. The molecule has 0 aliphatic heterocycles. The lowest BCUT2D eigenvalue weighted by Crippen LogP contribution is -2.40. The van der Waals surface area contributed by atoms with Gasteiger partial charge in [-0.15, -0.1) is 0 Å². The van der Waals surface area contributed by atoms with Crippen LogP contribution in [0.5, 0.6) is 0 Å². The Labute approximate surface area is 142 Å². The second-order valence-electron chi connectivity index (χ2n) is 5.58. The van der Waals surface area contributed by atoms with Crippen LogP contribution in [0.4, 0.5) is 4.79 Å². The minimum Gasteiger partial charge on any atom is -0.336 e. The zero-order valence-electron chi connectivity index (χ0n) is 13.4. The minimum absolute atomic E-state index is 0.0924. The lowest BCUT2D eigenvalue weighted by molar-refractivity contribution is 0.232. The fourth-order valence-corrected chi connectivity index (χ4v) is 2.44. The molecule has 122 valence electrons. The quantitative estimate of drug-likeness (QED) is 0.851. The third-order valence-corrected chi connectivity index (χ3v) is 3.88. The second kappa shape index (κ2) is 8.56. The average Bonchev–Trinajstić information content (AvgIpc) is 2.55. The van der Waals surface area contributed by atoms with E-state index in [1.165, 1.54) is 0 Å². The Bertz CT molecular complexity index is 614. The number of hydrogen-bond donors (Lipinski definition) is 2. The molecule has 2 rings (SSSR count). The summed E-state index contributed by atoms with van der Waals surface area (Å²) >= 11 is 5.93. The summed E-state index contributed by atoms with van der Waals surface area (Å²) < 4.78 is 0. The predicted molar refractivity (Wildman–Crippen MR) is 94.6 cm³/mol. The normalized spacial score (nSPS) is 12.0. The Balaban J connectivity index is 1.86. The van der Waals surface area contributed by atoms with E-state index in [0.29, 0.717) is 18.1 Å². The van der Waals surface area contributed by atoms with E-state index in [2.05, 4.69) is 15.5 Å². The molecule has 0 saturated heterocycles. The van der Waals surface area contributed by atoms with Crippen molar-refractivity contribution in [3.8, 4) is 0 Å². The van der Waals surface area contributed by atoms with Gasteiger partial charge in [0.15, 0.2) is 0 Å². The van der Waals surface area contributed by atoms with E-state index < -0.39 is 0 Å². The maximum absolute atomic E-state index is 12.0. The molecule has 0 spiro atoms. The molecule has 1 unspecified atom stereocenters. The van der Waals surface area contributed by atoms with Crippen molar-refractivity contribution in [1.29, 1.82) is 0 Å². The highest BCUT2D eigenvalue weighted by Crippen LogP contribution is 2.19. The summed E-state index contributed by atoms with van der Waals surface area (Å²) in [6.07, 6.45) is 0. The molecule has 2 aromatic rings. The first-order chi connectivity index (χ1) is 11.1. The maximum atomic E-state index is 12.0. The summed E-state index contributed by atoms with van der Waals surface area (Å²) in [5, 5.41) is 6.50. The summed E-state index contributed by atoms with van der Waals surface area (Å²) in [7, 11) is 3.98. The third-order valence-electron chi connectivity index (χ3n) is 3.63. The Kier molecular flexibility index (Phi) is 6.44. The average molecular weight is 332 g/mol. The molecule has 0 aromatic heterocycles. The highest BCUT2D eigenvalue weighted by atomic mass is 35.5. The van der Waals surface area contributed by atoms with Crippen molar-refractivity contribution >= 4 is 17.6 Å². The lowest BCUT2D eigenvalue weighted by atomic mass is 10.1. The Morgan fingerprint density at radius 3 is 2.30 bits per heavy atom. The van der Waals surface area contributed by atoms with Gasteiger partial charge in [-0.25, -0.2) is 4.79 Å². The molecule has 4 nitrogen and oxygen atoms in total. The topological polar surface area (TPSA) is 44.4 Å². The molecular formula is C18H22ClN3O. The van der Waals surface area contributed by atoms with Gasteiger partial charge in [0.1, 0.15) is 0 Å². The standard InChI is InChI=1S/C18H22ClN3O/c1-22(2)17(15-8-10-16(19)11-9-15)13-21-18(23)20-12-14-6-4-3-5-7-14/h3-11,17H,12-13H2,1-2H3,(H2,20,21,23). The van der Waals surface area contributed by atoms with E-state index in [1.807, 2.05) is 68.7 Å². The largest absolute Gasteiger partial charge is 0.336 e. The second-order valence-corrected chi connectivity index (χ2v) is 6.02. The zero-order valence-corrected chi connectivity index (χ0v) is 14.2. The van der Waals surface area contributed by atoms with Crippen LogP contribution in [0.1, 0.15) is 17.2 Å². The highest BCUT2D eigenvalue weighted by molar-refractivity contribution is 6.30. The van der Waals surface area contributed by atoms with Crippen LogP contribution in [0, 0.1) is 0 Å². The van der Waals surface area contributed by atoms with E-state index >= 15 is 0 Å². The number of nitrogens with one attached hydrogen (secondary N) is 2. The van der Waals surface area contributed by atoms with Crippen molar-refractivity contribution in [3.05, 3.63) is 70.7 Å². The number of halogens is 1.